The van der Waals surface area contributed by atoms with Crippen molar-refractivity contribution in [3.8, 4) is 17.0 Å². The third-order valence-corrected chi connectivity index (χ3v) is 5.19. The van der Waals surface area contributed by atoms with Gasteiger partial charge in [-0.2, -0.15) is 5.10 Å². The van der Waals surface area contributed by atoms with Crippen LogP contribution in [0.2, 0.25) is 0 Å². The van der Waals surface area contributed by atoms with Crippen molar-refractivity contribution in [2.75, 3.05) is 44.0 Å². The smallest absolute Gasteiger partial charge is 0.293 e. The van der Waals surface area contributed by atoms with Gasteiger partial charge >= 0.3 is 0 Å². The zero-order valence-electron chi connectivity index (χ0n) is 19.8. The lowest BCUT2D eigenvalue weighted by atomic mass is 10.1. The van der Waals surface area contributed by atoms with Crippen LogP contribution in [0.1, 0.15) is 13.3 Å². The lowest BCUT2D eigenvalue weighted by molar-refractivity contribution is 0.127. The zero-order chi connectivity index (χ0) is 24.5. The molecule has 0 aliphatic heterocycles. The summed E-state index contributed by atoms with van der Waals surface area (Å²) < 4.78 is 12.4. The molecule has 0 unspecified atom stereocenters. The number of ether oxygens (including phenoxy) is 2. The van der Waals surface area contributed by atoms with Gasteiger partial charge in [-0.3, -0.25) is 9.36 Å². The molecule has 0 radical (unpaired) electrons. The minimum atomic E-state index is -0.232. The molecule has 0 aliphatic carbocycles. The summed E-state index contributed by atoms with van der Waals surface area (Å²) in [5, 5.41) is 14.1. The van der Waals surface area contributed by atoms with E-state index < -0.39 is 0 Å². The van der Waals surface area contributed by atoms with Crippen molar-refractivity contribution < 1.29 is 9.47 Å². The van der Waals surface area contributed by atoms with Crippen LogP contribution in [0.4, 0.5) is 11.6 Å². The molecule has 4 aromatic heterocycles. The van der Waals surface area contributed by atoms with Gasteiger partial charge in [-0.05, 0) is 30.7 Å². The topological polar surface area (TPSA) is 129 Å². The number of anilines is 2. The fraction of sp³-hybridized carbons (Fsp3) is 0.333. The average Bonchev–Trinajstić information content (AvgIpc) is 2.91. The first-order chi connectivity index (χ1) is 17.2. The molecule has 4 heterocycles. The molecular formula is C24H28N8O3. The van der Waals surface area contributed by atoms with Gasteiger partial charge in [-0.1, -0.05) is 6.92 Å². The van der Waals surface area contributed by atoms with Crippen LogP contribution in [0.25, 0.3) is 22.3 Å². The number of pyridine rings is 2. The molecule has 0 bridgehead atoms. The maximum absolute atomic E-state index is 13.3. The molecule has 11 nitrogen and oxygen atoms in total. The highest BCUT2D eigenvalue weighted by atomic mass is 16.5. The van der Waals surface area contributed by atoms with Crippen molar-refractivity contribution in [3.05, 3.63) is 59.3 Å². The maximum atomic E-state index is 13.3. The molecule has 4 rings (SSSR count). The summed E-state index contributed by atoms with van der Waals surface area (Å²) >= 11 is 0. The van der Waals surface area contributed by atoms with E-state index in [9.17, 15) is 4.79 Å². The quantitative estimate of drug-likeness (QED) is 0.294. The number of rotatable bonds is 12. The number of methoxy groups -OCH3 is 1. The van der Waals surface area contributed by atoms with Crippen molar-refractivity contribution in [1.82, 2.24) is 29.7 Å². The zero-order valence-corrected chi connectivity index (χ0v) is 19.8. The second kappa shape index (κ2) is 11.8. The highest BCUT2D eigenvalue weighted by molar-refractivity contribution is 5.78. The Morgan fingerprint density at radius 3 is 2.63 bits per heavy atom. The van der Waals surface area contributed by atoms with E-state index in [0.29, 0.717) is 55.7 Å². The van der Waals surface area contributed by atoms with Gasteiger partial charge in [0.05, 0.1) is 19.2 Å². The minimum Gasteiger partial charge on any atom is -0.481 e. The lowest BCUT2D eigenvalue weighted by Crippen LogP contribution is -2.29. The molecule has 4 aromatic rings. The standard InChI is InChI=1S/C24H28N8O3/c1-3-12-35-13-11-32-19-14-18(17-6-7-21(34-2)27-15-17)16-28-22(19)30-23(24(32)33)26-10-9-25-20-5-4-8-29-31-20/h4-8,14-16H,3,9-13H2,1-2H3,(H,25,31)(H,26,28,30). The summed E-state index contributed by atoms with van der Waals surface area (Å²) in [6.45, 7) is 4.48. The van der Waals surface area contributed by atoms with Crippen LogP contribution in [0, 0.1) is 0 Å². The van der Waals surface area contributed by atoms with Crippen LogP contribution < -0.4 is 20.9 Å². The summed E-state index contributed by atoms with van der Waals surface area (Å²) in [6.07, 6.45) is 5.95. The largest absolute Gasteiger partial charge is 0.481 e. The predicted molar refractivity (Wildman–Crippen MR) is 134 cm³/mol. The van der Waals surface area contributed by atoms with Gasteiger partial charge in [0.2, 0.25) is 5.88 Å². The molecule has 35 heavy (non-hydrogen) atoms. The summed E-state index contributed by atoms with van der Waals surface area (Å²) in [4.78, 5) is 26.6. The molecule has 182 valence electrons. The minimum absolute atomic E-state index is 0.232. The van der Waals surface area contributed by atoms with Crippen molar-refractivity contribution in [2.24, 2.45) is 0 Å². The SMILES string of the molecule is CCCOCCn1c(=O)c(NCCNc2cccnn2)nc2ncc(-c3ccc(OC)nc3)cc21. The van der Waals surface area contributed by atoms with E-state index >= 15 is 0 Å². The molecule has 0 saturated carbocycles. The van der Waals surface area contributed by atoms with E-state index in [1.807, 2.05) is 25.1 Å². The van der Waals surface area contributed by atoms with E-state index in [1.165, 1.54) is 0 Å². The van der Waals surface area contributed by atoms with Gasteiger partial charge < -0.3 is 20.1 Å². The van der Waals surface area contributed by atoms with Crippen molar-refractivity contribution in [2.45, 2.75) is 19.9 Å². The van der Waals surface area contributed by atoms with Gasteiger partial charge in [0.25, 0.3) is 5.56 Å². The van der Waals surface area contributed by atoms with Crippen molar-refractivity contribution in [3.63, 3.8) is 0 Å². The number of hydrogen-bond donors (Lipinski definition) is 2. The van der Waals surface area contributed by atoms with Gasteiger partial charge in [0, 0.05) is 62.0 Å². The Hall–Kier alpha value is -4.12. The Kier molecular flexibility index (Phi) is 8.12. The summed E-state index contributed by atoms with van der Waals surface area (Å²) in [7, 11) is 1.57. The Morgan fingerprint density at radius 1 is 1.03 bits per heavy atom. The van der Waals surface area contributed by atoms with Crippen LogP contribution in [-0.2, 0) is 11.3 Å². The molecule has 0 amide bonds. The van der Waals surface area contributed by atoms with Gasteiger partial charge in [-0.25, -0.2) is 15.0 Å². The molecule has 0 saturated heterocycles. The highest BCUT2D eigenvalue weighted by Gasteiger charge is 2.13. The Bertz CT molecular complexity index is 1300. The van der Waals surface area contributed by atoms with Crippen LogP contribution in [0.5, 0.6) is 5.88 Å². The van der Waals surface area contributed by atoms with Crippen LogP contribution in [0.3, 0.4) is 0 Å². The Labute approximate surface area is 202 Å². The van der Waals surface area contributed by atoms with Gasteiger partial charge in [-0.15, -0.1) is 5.10 Å². The molecule has 0 aromatic carbocycles. The molecule has 2 N–H and O–H groups in total. The number of fused-ring (bicyclic) bond motifs is 1. The van der Waals surface area contributed by atoms with Crippen molar-refractivity contribution in [1.29, 1.82) is 0 Å². The second-order valence-electron chi connectivity index (χ2n) is 7.65. The van der Waals surface area contributed by atoms with E-state index in [-0.39, 0.29) is 11.4 Å². The number of hydrogen-bond acceptors (Lipinski definition) is 10. The first-order valence-electron chi connectivity index (χ1n) is 11.4. The van der Waals surface area contributed by atoms with Crippen LogP contribution >= 0.6 is 0 Å². The fourth-order valence-electron chi connectivity index (χ4n) is 3.46. The predicted octanol–water partition coefficient (Wildman–Crippen LogP) is 2.60. The Balaban J connectivity index is 1.59. The third kappa shape index (κ3) is 6.07. The fourth-order valence-corrected chi connectivity index (χ4v) is 3.46. The normalized spacial score (nSPS) is 10.9. The average molecular weight is 477 g/mol. The molecule has 0 atom stereocenters. The monoisotopic (exact) mass is 476 g/mol. The molecule has 11 heteroatoms. The second-order valence-corrected chi connectivity index (χ2v) is 7.65. The summed E-state index contributed by atoms with van der Waals surface area (Å²) in [5.74, 6) is 1.42. The summed E-state index contributed by atoms with van der Waals surface area (Å²) in [5.41, 5.74) is 2.55. The third-order valence-electron chi connectivity index (χ3n) is 5.19. The van der Waals surface area contributed by atoms with Gasteiger partial charge in [0.15, 0.2) is 11.5 Å². The number of nitrogens with zero attached hydrogens (tertiary/aromatic N) is 6. The Morgan fingerprint density at radius 2 is 1.89 bits per heavy atom. The molecule has 0 spiro atoms. The van der Waals surface area contributed by atoms with Crippen LogP contribution in [0.15, 0.2) is 53.7 Å². The van der Waals surface area contributed by atoms with Gasteiger partial charge in [0.1, 0.15) is 5.82 Å². The first kappa shape index (κ1) is 24.0. The van der Waals surface area contributed by atoms with Crippen LogP contribution in [-0.4, -0.2) is 63.1 Å². The number of aromatic nitrogens is 6. The van der Waals surface area contributed by atoms with E-state index in [0.717, 1.165) is 17.5 Å². The molecule has 0 aliphatic rings. The summed E-state index contributed by atoms with van der Waals surface area (Å²) in [6, 6.07) is 9.21. The van der Waals surface area contributed by atoms with E-state index in [1.54, 1.807) is 42.4 Å². The maximum Gasteiger partial charge on any atom is 0.293 e. The van der Waals surface area contributed by atoms with E-state index in [4.69, 9.17) is 9.47 Å². The number of nitrogens with one attached hydrogen (secondary N) is 2. The highest BCUT2D eigenvalue weighted by Crippen LogP contribution is 2.23. The lowest BCUT2D eigenvalue weighted by Gasteiger charge is -2.14. The molecular weight excluding hydrogens is 448 g/mol. The molecule has 0 fully saturated rings. The van der Waals surface area contributed by atoms with E-state index in [2.05, 4.69) is 35.8 Å². The van der Waals surface area contributed by atoms with Crippen molar-refractivity contribution >= 4 is 22.8 Å². The first-order valence-corrected chi connectivity index (χ1v) is 11.4.